The van der Waals surface area contributed by atoms with E-state index in [0.29, 0.717) is 22.4 Å². The van der Waals surface area contributed by atoms with Crippen molar-refractivity contribution in [2.24, 2.45) is 11.8 Å². The van der Waals surface area contributed by atoms with Gasteiger partial charge in [0.05, 0.1) is 16.6 Å². The van der Waals surface area contributed by atoms with Crippen LogP contribution in [0.3, 0.4) is 0 Å². The van der Waals surface area contributed by atoms with E-state index in [9.17, 15) is 9.59 Å². The van der Waals surface area contributed by atoms with Gasteiger partial charge in [-0.15, -0.1) is 0 Å². The summed E-state index contributed by atoms with van der Waals surface area (Å²) in [6, 6.07) is 6.72. The van der Waals surface area contributed by atoms with E-state index in [-0.39, 0.29) is 23.3 Å². The molecule has 1 atom stereocenters. The molecule has 0 aliphatic carbocycles. The van der Waals surface area contributed by atoms with Gasteiger partial charge in [-0.05, 0) is 24.0 Å². The lowest BCUT2D eigenvalue weighted by Crippen LogP contribution is -2.46. The van der Waals surface area contributed by atoms with E-state index in [0.717, 1.165) is 0 Å². The van der Waals surface area contributed by atoms with Crippen LogP contribution in [0.25, 0.3) is 16.6 Å². The van der Waals surface area contributed by atoms with Crippen molar-refractivity contribution in [2.45, 2.75) is 33.7 Å². The lowest BCUT2D eigenvalue weighted by Gasteiger charge is -2.31. The number of aromatic nitrogens is 2. The van der Waals surface area contributed by atoms with Crippen molar-refractivity contribution < 1.29 is 4.79 Å². The Bertz CT molecular complexity index is 862. The molecular weight excluding hydrogens is 290 g/mol. The fourth-order valence-corrected chi connectivity index (χ4v) is 3.02. The van der Waals surface area contributed by atoms with Gasteiger partial charge in [0, 0.05) is 0 Å². The number of carbonyl (C=O) groups is 1. The molecule has 1 aliphatic heterocycles. The number of para-hydroxylation sites is 1. The standard InChI is InChI=1S/C18H21N3O2/c1-10(2)9-14-16-19-13-8-6-5-7-12(13)18(23)21(16)15(11(3)4)17(22)20-14/h5-11,15H,1-4H3,(H,20,22)/b14-9-. The van der Waals surface area contributed by atoms with Crippen LogP contribution >= 0.6 is 0 Å². The molecule has 23 heavy (non-hydrogen) atoms. The first-order valence-electron chi connectivity index (χ1n) is 7.94. The summed E-state index contributed by atoms with van der Waals surface area (Å²) < 4.78 is 1.56. The van der Waals surface area contributed by atoms with Gasteiger partial charge in [-0.3, -0.25) is 14.2 Å². The quantitative estimate of drug-likeness (QED) is 0.927. The van der Waals surface area contributed by atoms with Crippen LogP contribution in [0.4, 0.5) is 0 Å². The number of amides is 1. The summed E-state index contributed by atoms with van der Waals surface area (Å²) in [4.78, 5) is 30.2. The number of nitrogens with one attached hydrogen (secondary N) is 1. The molecule has 0 bridgehead atoms. The third-order valence-corrected chi connectivity index (χ3v) is 3.98. The van der Waals surface area contributed by atoms with Gasteiger partial charge in [0.15, 0.2) is 5.82 Å². The van der Waals surface area contributed by atoms with Crippen LogP contribution in [0.1, 0.15) is 39.6 Å². The number of allylic oxidation sites excluding steroid dienone is 1. The number of hydrogen-bond donors (Lipinski definition) is 1. The van der Waals surface area contributed by atoms with Crippen molar-refractivity contribution >= 4 is 22.5 Å². The predicted molar refractivity (Wildman–Crippen MR) is 90.8 cm³/mol. The molecular formula is C18H21N3O2. The molecule has 0 fully saturated rings. The molecule has 0 spiro atoms. The van der Waals surface area contributed by atoms with Crippen LogP contribution in [0.15, 0.2) is 35.1 Å². The maximum absolute atomic E-state index is 13.0. The van der Waals surface area contributed by atoms with E-state index in [4.69, 9.17) is 0 Å². The summed E-state index contributed by atoms with van der Waals surface area (Å²) in [7, 11) is 0. The Morgan fingerprint density at radius 1 is 1.17 bits per heavy atom. The average molecular weight is 311 g/mol. The second-order valence-electron chi connectivity index (χ2n) is 6.63. The van der Waals surface area contributed by atoms with E-state index in [2.05, 4.69) is 10.3 Å². The first-order chi connectivity index (χ1) is 10.9. The Kier molecular flexibility index (Phi) is 3.80. The fourth-order valence-electron chi connectivity index (χ4n) is 3.02. The molecule has 2 aromatic rings. The zero-order chi connectivity index (χ0) is 16.7. The number of hydrogen-bond acceptors (Lipinski definition) is 3. The number of fused-ring (bicyclic) bond motifs is 2. The zero-order valence-corrected chi connectivity index (χ0v) is 13.8. The van der Waals surface area contributed by atoms with E-state index < -0.39 is 6.04 Å². The van der Waals surface area contributed by atoms with Gasteiger partial charge in [0.1, 0.15) is 6.04 Å². The monoisotopic (exact) mass is 311 g/mol. The Balaban J connectivity index is 2.39. The highest BCUT2D eigenvalue weighted by molar-refractivity contribution is 5.93. The summed E-state index contributed by atoms with van der Waals surface area (Å²) in [6.07, 6.45) is 1.93. The molecule has 1 aliphatic rings. The van der Waals surface area contributed by atoms with Crippen molar-refractivity contribution in [1.29, 1.82) is 0 Å². The molecule has 2 heterocycles. The summed E-state index contributed by atoms with van der Waals surface area (Å²) in [5.74, 6) is 0.618. The minimum absolute atomic E-state index is 0.00462. The molecule has 0 radical (unpaired) electrons. The van der Waals surface area contributed by atoms with Crippen molar-refractivity contribution in [3.63, 3.8) is 0 Å². The lowest BCUT2D eigenvalue weighted by molar-refractivity contribution is -0.125. The Morgan fingerprint density at radius 2 is 1.87 bits per heavy atom. The van der Waals surface area contributed by atoms with E-state index in [1.54, 1.807) is 10.6 Å². The van der Waals surface area contributed by atoms with E-state index >= 15 is 0 Å². The van der Waals surface area contributed by atoms with Crippen LogP contribution in [-0.2, 0) is 4.79 Å². The van der Waals surface area contributed by atoms with Gasteiger partial charge in [0.25, 0.3) is 5.56 Å². The summed E-state index contributed by atoms with van der Waals surface area (Å²) in [5, 5.41) is 3.47. The normalized spacial score (nSPS) is 19.5. The zero-order valence-electron chi connectivity index (χ0n) is 13.8. The Labute approximate surface area is 135 Å². The van der Waals surface area contributed by atoms with Crippen LogP contribution in [0, 0.1) is 11.8 Å². The van der Waals surface area contributed by atoms with Crippen LogP contribution in [0.2, 0.25) is 0 Å². The SMILES string of the molecule is CC(C)/C=C1\NC(=O)C(C(C)C)n2c1nc1ccccc1c2=O. The average Bonchev–Trinajstić information content (AvgIpc) is 2.47. The smallest absolute Gasteiger partial charge is 0.262 e. The first-order valence-corrected chi connectivity index (χ1v) is 7.94. The molecule has 120 valence electrons. The maximum Gasteiger partial charge on any atom is 0.262 e. The minimum atomic E-state index is -0.543. The highest BCUT2D eigenvalue weighted by Gasteiger charge is 2.34. The summed E-state index contributed by atoms with van der Waals surface area (Å²) in [5.41, 5.74) is 1.11. The van der Waals surface area contributed by atoms with E-state index in [1.165, 1.54) is 0 Å². The number of rotatable bonds is 2. The van der Waals surface area contributed by atoms with Gasteiger partial charge in [-0.25, -0.2) is 4.98 Å². The van der Waals surface area contributed by atoms with Gasteiger partial charge in [-0.1, -0.05) is 45.9 Å². The van der Waals surface area contributed by atoms with Crippen molar-refractivity contribution in [3.05, 3.63) is 46.5 Å². The minimum Gasteiger partial charge on any atom is -0.321 e. The highest BCUT2D eigenvalue weighted by atomic mass is 16.2. The lowest BCUT2D eigenvalue weighted by atomic mass is 9.99. The van der Waals surface area contributed by atoms with Gasteiger partial charge < -0.3 is 5.32 Å². The molecule has 1 aromatic heterocycles. The van der Waals surface area contributed by atoms with Gasteiger partial charge in [0.2, 0.25) is 5.91 Å². The molecule has 1 N–H and O–H groups in total. The van der Waals surface area contributed by atoms with Crippen LogP contribution < -0.4 is 10.9 Å². The van der Waals surface area contributed by atoms with Crippen molar-refractivity contribution in [2.75, 3.05) is 0 Å². The topological polar surface area (TPSA) is 64.0 Å². The number of benzene rings is 1. The first kappa shape index (κ1) is 15.5. The largest absolute Gasteiger partial charge is 0.321 e. The molecule has 0 saturated heterocycles. The highest BCUT2D eigenvalue weighted by Crippen LogP contribution is 2.27. The number of nitrogens with zero attached hydrogens (tertiary/aromatic N) is 2. The molecule has 3 rings (SSSR count). The van der Waals surface area contributed by atoms with Crippen molar-refractivity contribution in [1.82, 2.24) is 14.9 Å². The van der Waals surface area contributed by atoms with E-state index in [1.807, 2.05) is 52.0 Å². The second kappa shape index (κ2) is 5.65. The molecule has 1 amide bonds. The molecule has 1 unspecified atom stereocenters. The maximum atomic E-state index is 13.0. The molecule has 5 heteroatoms. The molecule has 1 aromatic carbocycles. The Hall–Kier alpha value is -2.43. The predicted octanol–water partition coefficient (Wildman–Crippen LogP) is 2.72. The molecule has 0 saturated carbocycles. The summed E-state index contributed by atoms with van der Waals surface area (Å²) in [6.45, 7) is 7.92. The summed E-state index contributed by atoms with van der Waals surface area (Å²) >= 11 is 0. The Morgan fingerprint density at radius 3 is 2.52 bits per heavy atom. The van der Waals surface area contributed by atoms with Crippen molar-refractivity contribution in [3.8, 4) is 0 Å². The number of carbonyl (C=O) groups excluding carboxylic acids is 1. The van der Waals surface area contributed by atoms with Gasteiger partial charge in [-0.2, -0.15) is 0 Å². The van der Waals surface area contributed by atoms with Gasteiger partial charge >= 0.3 is 0 Å². The fraction of sp³-hybridized carbons (Fsp3) is 0.389. The third-order valence-electron chi connectivity index (χ3n) is 3.98. The van der Waals surface area contributed by atoms with Crippen LogP contribution in [-0.4, -0.2) is 15.5 Å². The molecule has 5 nitrogen and oxygen atoms in total. The third kappa shape index (κ3) is 2.56. The second-order valence-corrected chi connectivity index (χ2v) is 6.63. The van der Waals surface area contributed by atoms with Crippen LogP contribution in [0.5, 0.6) is 0 Å².